The van der Waals surface area contributed by atoms with E-state index in [1.165, 1.54) is 0 Å². The quantitative estimate of drug-likeness (QED) is 0.931. The normalized spacial score (nSPS) is 18.3. The van der Waals surface area contributed by atoms with E-state index in [9.17, 15) is 8.78 Å². The lowest BCUT2D eigenvalue weighted by atomic mass is 9.79. The van der Waals surface area contributed by atoms with Crippen LogP contribution < -0.4 is 16.0 Å². The summed E-state index contributed by atoms with van der Waals surface area (Å²) in [7, 11) is 0. The third-order valence-electron chi connectivity index (χ3n) is 4.58. The Balaban J connectivity index is 1.46. The van der Waals surface area contributed by atoms with Crippen LogP contribution >= 0.6 is 0 Å². The topological polar surface area (TPSA) is 50.2 Å². The molecule has 1 aliphatic heterocycles. The highest BCUT2D eigenvalue weighted by molar-refractivity contribution is 5.73. The second-order valence-corrected chi connectivity index (χ2v) is 6.52. The van der Waals surface area contributed by atoms with Crippen molar-refractivity contribution in [1.82, 2.24) is 9.97 Å². The predicted octanol–water partition coefficient (Wildman–Crippen LogP) is 2.88. The molecule has 128 valence electrons. The van der Waals surface area contributed by atoms with Crippen molar-refractivity contribution >= 4 is 17.6 Å². The Morgan fingerprint density at radius 3 is 2.76 bits per heavy atom. The molecule has 1 saturated carbocycles. The van der Waals surface area contributed by atoms with Gasteiger partial charge in [0.15, 0.2) is 5.49 Å². The summed E-state index contributed by atoms with van der Waals surface area (Å²) < 4.78 is 26.0. The third-order valence-corrected chi connectivity index (χ3v) is 4.58. The lowest BCUT2D eigenvalue weighted by Gasteiger charge is -2.34. The van der Waals surface area contributed by atoms with Crippen LogP contribution in [-0.2, 0) is 0 Å². The number of fused-ring (bicyclic) bond motifs is 1. The van der Waals surface area contributed by atoms with E-state index in [0.717, 1.165) is 29.2 Å². The summed E-state index contributed by atoms with van der Waals surface area (Å²) in [5, 5.41) is 4.21. The number of rotatable bonds is 4. The summed E-state index contributed by atoms with van der Waals surface area (Å²) in [6.07, 6.45) is 4.51. The van der Waals surface area contributed by atoms with Gasteiger partial charge in [-0.25, -0.2) is 13.8 Å². The second-order valence-electron chi connectivity index (χ2n) is 6.52. The fraction of sp³-hybridized carbons (Fsp3) is 0.316. The van der Waals surface area contributed by atoms with Gasteiger partial charge in [-0.05, 0) is 30.7 Å². The molecule has 0 atom stereocenters. The Labute approximate surface area is 144 Å². The number of hydrogen-bond acceptors (Lipinski definition) is 4. The van der Waals surface area contributed by atoms with Gasteiger partial charge in [0.25, 0.3) is 0 Å². The van der Waals surface area contributed by atoms with Crippen molar-refractivity contribution in [2.75, 3.05) is 11.9 Å². The minimum absolute atomic E-state index is 0.113. The van der Waals surface area contributed by atoms with Gasteiger partial charge in [-0.15, -0.1) is 0 Å². The van der Waals surface area contributed by atoms with Crippen LogP contribution in [0.5, 0.6) is 0 Å². The van der Waals surface area contributed by atoms with Crippen LogP contribution in [0.1, 0.15) is 36.4 Å². The molecule has 2 aromatic heterocycles. The van der Waals surface area contributed by atoms with E-state index >= 15 is 0 Å². The van der Waals surface area contributed by atoms with Crippen molar-refractivity contribution in [3.63, 3.8) is 0 Å². The molecule has 0 unspecified atom stereocenters. The largest absolute Gasteiger partial charge is 0.340 e. The average molecular weight is 340 g/mol. The number of anilines is 1. The molecule has 1 fully saturated rings. The van der Waals surface area contributed by atoms with Gasteiger partial charge >= 0.3 is 0 Å². The summed E-state index contributed by atoms with van der Waals surface area (Å²) in [5.41, 5.74) is 2.91. The minimum Gasteiger partial charge on any atom is -0.340 e. The van der Waals surface area contributed by atoms with Crippen molar-refractivity contribution in [2.45, 2.75) is 31.1 Å². The number of aromatic nitrogens is 2. The van der Waals surface area contributed by atoms with Gasteiger partial charge < -0.3 is 5.32 Å². The Kier molecular flexibility index (Phi) is 3.82. The molecule has 0 saturated heterocycles. The minimum atomic E-state index is -2.53. The van der Waals surface area contributed by atoms with Gasteiger partial charge in [0, 0.05) is 53.7 Å². The Bertz CT molecular complexity index is 927. The zero-order valence-electron chi connectivity index (χ0n) is 13.7. The zero-order valence-corrected chi connectivity index (χ0v) is 13.7. The van der Waals surface area contributed by atoms with Crippen LogP contribution in [0, 0.1) is 0 Å². The van der Waals surface area contributed by atoms with Crippen LogP contribution in [-0.4, -0.2) is 22.4 Å². The smallest absolute Gasteiger partial charge is 0.249 e. The van der Waals surface area contributed by atoms with Crippen molar-refractivity contribution in [3.05, 3.63) is 59.0 Å². The first-order valence-electron chi connectivity index (χ1n) is 8.32. The highest BCUT2D eigenvalue weighted by Crippen LogP contribution is 2.47. The molecular weight excluding hydrogens is 322 g/mol. The number of pyridine rings is 2. The molecule has 0 amide bonds. The van der Waals surface area contributed by atoms with Crippen molar-refractivity contribution in [1.29, 1.82) is 0 Å². The molecule has 0 aromatic carbocycles. The van der Waals surface area contributed by atoms with E-state index in [4.69, 9.17) is 0 Å². The number of halogens is 2. The summed E-state index contributed by atoms with van der Waals surface area (Å²) >= 11 is 0. The molecule has 4 nitrogen and oxygen atoms in total. The molecule has 0 radical (unpaired) electrons. The van der Waals surface area contributed by atoms with E-state index in [1.54, 1.807) is 12.3 Å². The molecular formula is C19H18F2N4. The van der Waals surface area contributed by atoms with Gasteiger partial charge in [-0.3, -0.25) is 9.98 Å². The lowest BCUT2D eigenvalue weighted by molar-refractivity contribution is -0.0876. The van der Waals surface area contributed by atoms with Gasteiger partial charge in [-0.1, -0.05) is 12.7 Å². The molecule has 0 bridgehead atoms. The number of nitrogens with zero attached hydrogens (tertiary/aromatic N) is 3. The predicted molar refractivity (Wildman–Crippen MR) is 92.8 cm³/mol. The molecule has 3 heterocycles. The molecule has 6 heteroatoms. The van der Waals surface area contributed by atoms with Crippen LogP contribution in [0.15, 0.2) is 42.0 Å². The molecule has 25 heavy (non-hydrogen) atoms. The summed E-state index contributed by atoms with van der Waals surface area (Å²) in [5.74, 6) is -2.01. The van der Waals surface area contributed by atoms with E-state index in [2.05, 4.69) is 32.9 Å². The van der Waals surface area contributed by atoms with E-state index in [1.807, 2.05) is 18.2 Å². The Morgan fingerprint density at radius 2 is 2.04 bits per heavy atom. The monoisotopic (exact) mass is 340 g/mol. The second kappa shape index (κ2) is 6.02. The summed E-state index contributed by atoms with van der Waals surface area (Å²) in [4.78, 5) is 13.2. The molecule has 4 rings (SSSR count). The summed E-state index contributed by atoms with van der Waals surface area (Å²) in [6.45, 7) is 4.77. The van der Waals surface area contributed by atoms with Gasteiger partial charge in [0.2, 0.25) is 5.92 Å². The summed E-state index contributed by atoms with van der Waals surface area (Å²) in [6, 6.07) is 7.52. The van der Waals surface area contributed by atoms with E-state index < -0.39 is 5.92 Å². The molecule has 2 aliphatic rings. The first kappa shape index (κ1) is 15.9. The van der Waals surface area contributed by atoms with Crippen molar-refractivity contribution < 1.29 is 8.78 Å². The number of alkyl halides is 2. The molecule has 1 aliphatic carbocycles. The van der Waals surface area contributed by atoms with Gasteiger partial charge in [0.1, 0.15) is 5.82 Å². The molecule has 1 N–H and O–H groups in total. The highest BCUT2D eigenvalue weighted by Gasteiger charge is 2.46. The molecule has 2 aromatic rings. The van der Waals surface area contributed by atoms with Gasteiger partial charge in [0.05, 0.1) is 0 Å². The number of hydrogen-bond donors (Lipinski definition) is 1. The maximum absolute atomic E-state index is 13.0. The van der Waals surface area contributed by atoms with Crippen LogP contribution in [0.25, 0.3) is 11.8 Å². The van der Waals surface area contributed by atoms with E-state index in [0.29, 0.717) is 17.2 Å². The van der Waals surface area contributed by atoms with Crippen molar-refractivity contribution in [3.8, 4) is 0 Å². The molecule has 0 spiro atoms. The van der Waals surface area contributed by atoms with Crippen LogP contribution in [0.3, 0.4) is 0 Å². The van der Waals surface area contributed by atoms with Gasteiger partial charge in [-0.2, -0.15) is 0 Å². The fourth-order valence-electron chi connectivity index (χ4n) is 3.13. The van der Waals surface area contributed by atoms with E-state index in [-0.39, 0.29) is 18.8 Å². The average Bonchev–Trinajstić information content (AvgIpc) is 2.59. The standard InChI is InChI=1S/C19H18F2N4/c1-12(24-17-7-5-13-3-2-8-22-18(13)25-17)14-4-6-16(23-11-14)15-9-19(20,21)10-15/h3-7,11,15H,1-2,8-10H2,(H,22,24,25). The number of nitrogens with one attached hydrogen (secondary N) is 1. The maximum Gasteiger partial charge on any atom is 0.249 e. The Morgan fingerprint density at radius 1 is 1.20 bits per heavy atom. The first-order valence-corrected chi connectivity index (χ1v) is 8.32. The Hall–Kier alpha value is -2.63. The third kappa shape index (κ3) is 3.29. The SMILES string of the molecule is C=C(Nc1ccc2c(n1)=NCCC=2)c1ccc(C2CC(F)(F)C2)nc1. The van der Waals surface area contributed by atoms with Crippen molar-refractivity contribution in [2.24, 2.45) is 4.99 Å². The lowest BCUT2D eigenvalue weighted by Crippen LogP contribution is -2.34. The zero-order chi connectivity index (χ0) is 17.4. The van der Waals surface area contributed by atoms with Crippen LogP contribution in [0.2, 0.25) is 0 Å². The van der Waals surface area contributed by atoms with Crippen LogP contribution in [0.4, 0.5) is 14.6 Å². The fourth-order valence-corrected chi connectivity index (χ4v) is 3.13. The maximum atomic E-state index is 13.0. The first-order chi connectivity index (χ1) is 12.0. The highest BCUT2D eigenvalue weighted by atomic mass is 19.3.